The van der Waals surface area contributed by atoms with E-state index in [0.717, 1.165) is 32.7 Å². The molecule has 0 spiro atoms. The third kappa shape index (κ3) is 3.25. The Morgan fingerprint density at radius 3 is 2.64 bits per heavy atom. The molecule has 0 N–H and O–H groups in total. The molecule has 1 aliphatic heterocycles. The zero-order chi connectivity index (χ0) is 17.2. The minimum absolute atomic E-state index is 0.0136. The summed E-state index contributed by atoms with van der Waals surface area (Å²) in [5, 5.41) is 2.81. The number of carbonyl (C=O) groups excluding carboxylic acids is 1. The van der Waals surface area contributed by atoms with Crippen LogP contribution in [0.2, 0.25) is 0 Å². The smallest absolute Gasteiger partial charge is 0.189 e. The Labute approximate surface area is 158 Å². The van der Waals surface area contributed by atoms with E-state index in [-0.39, 0.29) is 6.04 Å². The van der Waals surface area contributed by atoms with Crippen LogP contribution in [0.25, 0.3) is 11.3 Å². The van der Waals surface area contributed by atoms with Gasteiger partial charge < -0.3 is 9.64 Å². The number of rotatable bonds is 4. The molecule has 0 amide bonds. The van der Waals surface area contributed by atoms with Crippen LogP contribution >= 0.6 is 27.3 Å². The molecule has 126 valence electrons. The van der Waals surface area contributed by atoms with Crippen molar-refractivity contribution >= 4 is 38.7 Å². The molecule has 2 heterocycles. The zero-order valence-electron chi connectivity index (χ0n) is 13.2. The van der Waals surface area contributed by atoms with Gasteiger partial charge >= 0.3 is 0 Å². The van der Waals surface area contributed by atoms with Gasteiger partial charge in [-0.05, 0) is 17.7 Å². The van der Waals surface area contributed by atoms with Crippen molar-refractivity contribution in [2.75, 3.05) is 11.5 Å². The number of halogens is 1. The third-order valence-corrected chi connectivity index (χ3v) is 5.57. The molecule has 0 bridgehead atoms. The number of aromatic nitrogens is 1. The number of hydrogen-bond donors (Lipinski definition) is 0. The van der Waals surface area contributed by atoms with E-state index in [1.54, 1.807) is 0 Å². The van der Waals surface area contributed by atoms with E-state index in [1.165, 1.54) is 11.3 Å². The highest BCUT2D eigenvalue weighted by atomic mass is 79.9. The van der Waals surface area contributed by atoms with Crippen molar-refractivity contribution in [3.8, 4) is 11.3 Å². The number of thiazole rings is 1. The Balaban J connectivity index is 1.68. The van der Waals surface area contributed by atoms with Crippen LogP contribution in [0.4, 0.5) is 5.13 Å². The van der Waals surface area contributed by atoms with E-state index in [9.17, 15) is 4.79 Å². The standard InChI is InChI=1S/C19H15BrN2O2S/c20-15-8-6-13(7-9-15)16-12-25-19(21-16)22-17(11-24-18(22)10-23)14-4-2-1-3-5-14/h1-10,12,17-18H,11H2/t17-,18?/m0/s1. The molecule has 6 heteroatoms. The first-order valence-corrected chi connectivity index (χ1v) is 9.55. The Kier molecular flexibility index (Phi) is 4.65. The molecule has 0 saturated carbocycles. The fourth-order valence-corrected chi connectivity index (χ4v) is 4.12. The zero-order valence-corrected chi connectivity index (χ0v) is 15.6. The quantitative estimate of drug-likeness (QED) is 0.581. The highest BCUT2D eigenvalue weighted by molar-refractivity contribution is 9.10. The van der Waals surface area contributed by atoms with Crippen molar-refractivity contribution in [2.45, 2.75) is 12.3 Å². The van der Waals surface area contributed by atoms with Crippen LogP contribution < -0.4 is 4.90 Å². The second kappa shape index (κ2) is 7.07. The van der Waals surface area contributed by atoms with Crippen LogP contribution in [0.3, 0.4) is 0 Å². The second-order valence-corrected chi connectivity index (χ2v) is 7.47. The van der Waals surface area contributed by atoms with E-state index in [0.29, 0.717) is 6.61 Å². The fraction of sp³-hybridized carbons (Fsp3) is 0.158. The molecule has 0 radical (unpaired) electrons. The lowest BCUT2D eigenvalue weighted by Gasteiger charge is -2.25. The molecule has 1 saturated heterocycles. The highest BCUT2D eigenvalue weighted by Crippen LogP contribution is 2.38. The highest BCUT2D eigenvalue weighted by Gasteiger charge is 2.37. The van der Waals surface area contributed by atoms with Gasteiger partial charge in [0, 0.05) is 15.4 Å². The maximum atomic E-state index is 11.5. The molecule has 0 aliphatic carbocycles. The van der Waals surface area contributed by atoms with Crippen molar-refractivity contribution in [1.29, 1.82) is 0 Å². The molecule has 1 fully saturated rings. The summed E-state index contributed by atoms with van der Waals surface area (Å²) in [5.74, 6) is 0. The Morgan fingerprint density at radius 2 is 1.92 bits per heavy atom. The van der Waals surface area contributed by atoms with Gasteiger partial charge in [0.25, 0.3) is 0 Å². The Morgan fingerprint density at radius 1 is 1.16 bits per heavy atom. The lowest BCUT2D eigenvalue weighted by Crippen LogP contribution is -2.33. The minimum atomic E-state index is -0.603. The van der Waals surface area contributed by atoms with E-state index < -0.39 is 6.23 Å². The second-order valence-electron chi connectivity index (χ2n) is 5.72. The fourth-order valence-electron chi connectivity index (χ4n) is 2.94. The number of nitrogens with zero attached hydrogens (tertiary/aromatic N) is 2. The largest absolute Gasteiger partial charge is 0.349 e. The van der Waals surface area contributed by atoms with Gasteiger partial charge in [0.2, 0.25) is 0 Å². The number of benzene rings is 2. The molecule has 2 aromatic carbocycles. The van der Waals surface area contributed by atoms with E-state index in [2.05, 4.69) is 28.1 Å². The molecular weight excluding hydrogens is 400 g/mol. The first-order valence-electron chi connectivity index (χ1n) is 7.88. The summed E-state index contributed by atoms with van der Waals surface area (Å²) >= 11 is 4.97. The Bertz CT molecular complexity index is 867. The summed E-state index contributed by atoms with van der Waals surface area (Å²) in [7, 11) is 0. The van der Waals surface area contributed by atoms with Crippen LogP contribution in [0, 0.1) is 0 Å². The van der Waals surface area contributed by atoms with E-state index in [4.69, 9.17) is 9.72 Å². The van der Waals surface area contributed by atoms with Gasteiger partial charge in [-0.2, -0.15) is 0 Å². The monoisotopic (exact) mass is 414 g/mol. The number of hydrogen-bond acceptors (Lipinski definition) is 5. The van der Waals surface area contributed by atoms with Crippen LogP contribution in [0.1, 0.15) is 11.6 Å². The van der Waals surface area contributed by atoms with Gasteiger partial charge in [-0.15, -0.1) is 11.3 Å². The summed E-state index contributed by atoms with van der Waals surface area (Å²) in [4.78, 5) is 18.2. The maximum absolute atomic E-state index is 11.5. The number of ether oxygens (including phenoxy) is 1. The van der Waals surface area contributed by atoms with Crippen molar-refractivity contribution in [2.24, 2.45) is 0 Å². The predicted molar refractivity (Wildman–Crippen MR) is 103 cm³/mol. The van der Waals surface area contributed by atoms with Crippen molar-refractivity contribution < 1.29 is 9.53 Å². The normalized spacial score (nSPS) is 20.0. The SMILES string of the molecule is O=CC1OC[C@@H](c2ccccc2)N1c1nc(-c2ccc(Br)cc2)cs1. The average Bonchev–Trinajstić information content (AvgIpc) is 3.29. The van der Waals surface area contributed by atoms with E-state index >= 15 is 0 Å². The van der Waals surface area contributed by atoms with Gasteiger partial charge in [-0.25, -0.2) is 4.98 Å². The lowest BCUT2D eigenvalue weighted by molar-refractivity contribution is -0.115. The number of anilines is 1. The van der Waals surface area contributed by atoms with Gasteiger partial charge in [0.1, 0.15) is 0 Å². The summed E-state index contributed by atoms with van der Waals surface area (Å²) < 4.78 is 6.72. The van der Waals surface area contributed by atoms with Gasteiger partial charge in [-0.1, -0.05) is 58.4 Å². The molecule has 4 rings (SSSR count). The molecule has 2 atom stereocenters. The molecule has 25 heavy (non-hydrogen) atoms. The lowest BCUT2D eigenvalue weighted by atomic mass is 10.1. The predicted octanol–water partition coefficient (Wildman–Crippen LogP) is 4.68. The molecule has 1 aliphatic rings. The first kappa shape index (κ1) is 16.4. The molecule has 3 aromatic rings. The number of carbonyl (C=O) groups is 1. The molecule has 1 aromatic heterocycles. The van der Waals surface area contributed by atoms with Gasteiger partial charge in [0.05, 0.1) is 18.3 Å². The number of aldehydes is 1. The minimum Gasteiger partial charge on any atom is -0.349 e. The molecular formula is C19H15BrN2O2S. The summed E-state index contributed by atoms with van der Waals surface area (Å²) in [6.45, 7) is 0.473. The third-order valence-electron chi connectivity index (χ3n) is 4.19. The summed E-state index contributed by atoms with van der Waals surface area (Å²) in [6, 6.07) is 18.1. The first-order chi connectivity index (χ1) is 12.3. The van der Waals surface area contributed by atoms with Crippen LogP contribution in [-0.4, -0.2) is 24.1 Å². The van der Waals surface area contributed by atoms with Crippen LogP contribution in [-0.2, 0) is 9.53 Å². The summed E-state index contributed by atoms with van der Waals surface area (Å²) in [6.07, 6.45) is 0.234. The maximum Gasteiger partial charge on any atom is 0.189 e. The van der Waals surface area contributed by atoms with Crippen molar-refractivity contribution in [1.82, 2.24) is 4.98 Å². The average molecular weight is 415 g/mol. The van der Waals surface area contributed by atoms with E-state index in [1.807, 2.05) is 52.7 Å². The van der Waals surface area contributed by atoms with Crippen molar-refractivity contribution in [3.63, 3.8) is 0 Å². The summed E-state index contributed by atoms with van der Waals surface area (Å²) in [5.41, 5.74) is 3.06. The van der Waals surface area contributed by atoms with Gasteiger partial charge in [-0.3, -0.25) is 4.79 Å². The van der Waals surface area contributed by atoms with Crippen LogP contribution in [0.15, 0.2) is 64.5 Å². The van der Waals surface area contributed by atoms with Gasteiger partial charge in [0.15, 0.2) is 17.6 Å². The van der Waals surface area contributed by atoms with Crippen molar-refractivity contribution in [3.05, 3.63) is 70.0 Å². The molecule has 1 unspecified atom stereocenters. The van der Waals surface area contributed by atoms with Crippen LogP contribution in [0.5, 0.6) is 0 Å². The Hall–Kier alpha value is -2.02. The topological polar surface area (TPSA) is 42.4 Å². The molecule has 4 nitrogen and oxygen atoms in total.